The minimum absolute atomic E-state index is 0.109. The highest BCUT2D eigenvalue weighted by molar-refractivity contribution is 7.89. The van der Waals surface area contributed by atoms with Crippen molar-refractivity contribution in [2.24, 2.45) is 5.92 Å². The predicted molar refractivity (Wildman–Crippen MR) is 124 cm³/mol. The van der Waals surface area contributed by atoms with Crippen LogP contribution in [-0.2, 0) is 21.4 Å². The lowest BCUT2D eigenvalue weighted by molar-refractivity contribution is -0.121. The van der Waals surface area contributed by atoms with Crippen LogP contribution in [0.4, 0.5) is 5.82 Å². The first-order valence-electron chi connectivity index (χ1n) is 10.5. The highest BCUT2D eigenvalue weighted by atomic mass is 35.5. The summed E-state index contributed by atoms with van der Waals surface area (Å²) in [5.41, 5.74) is 1.91. The number of benzene rings is 2. The van der Waals surface area contributed by atoms with E-state index in [1.165, 1.54) is 16.4 Å². The number of hydrogen-bond donors (Lipinski definition) is 1. The molecule has 1 saturated heterocycles. The van der Waals surface area contributed by atoms with E-state index in [0.717, 1.165) is 11.3 Å². The third-order valence-corrected chi connectivity index (χ3v) is 7.77. The van der Waals surface area contributed by atoms with Gasteiger partial charge in [0.05, 0.1) is 17.1 Å². The number of halogens is 1. The highest BCUT2D eigenvalue weighted by Crippen LogP contribution is 2.26. The maximum atomic E-state index is 12.9. The lowest BCUT2D eigenvalue weighted by Crippen LogP contribution is -2.41. The van der Waals surface area contributed by atoms with Crippen LogP contribution in [0.3, 0.4) is 0 Å². The van der Waals surface area contributed by atoms with Gasteiger partial charge in [0.25, 0.3) is 0 Å². The summed E-state index contributed by atoms with van der Waals surface area (Å²) in [7, 11) is -3.60. The van der Waals surface area contributed by atoms with Crippen molar-refractivity contribution in [3.8, 4) is 0 Å². The Balaban J connectivity index is 1.39. The molecule has 9 heteroatoms. The van der Waals surface area contributed by atoms with Crippen molar-refractivity contribution in [2.75, 3.05) is 18.4 Å². The number of nitrogens with one attached hydrogen (secondary N) is 1. The highest BCUT2D eigenvalue weighted by Gasteiger charge is 2.32. The van der Waals surface area contributed by atoms with Crippen molar-refractivity contribution in [3.05, 3.63) is 76.9 Å². The number of amides is 1. The monoisotopic (exact) mass is 472 g/mol. The Labute approximate surface area is 193 Å². The summed E-state index contributed by atoms with van der Waals surface area (Å²) in [6.07, 6.45) is 0.926. The van der Waals surface area contributed by atoms with Gasteiger partial charge in [-0.25, -0.2) is 13.1 Å². The number of rotatable bonds is 6. The maximum absolute atomic E-state index is 12.9. The van der Waals surface area contributed by atoms with Gasteiger partial charge in [-0.15, -0.1) is 0 Å². The smallest absolute Gasteiger partial charge is 0.243 e. The molecule has 168 valence electrons. The van der Waals surface area contributed by atoms with Crippen molar-refractivity contribution < 1.29 is 13.2 Å². The average Bonchev–Trinajstić information content (AvgIpc) is 3.13. The summed E-state index contributed by atoms with van der Waals surface area (Å²) >= 11 is 5.87. The number of aromatic nitrogens is 2. The van der Waals surface area contributed by atoms with Crippen LogP contribution >= 0.6 is 11.6 Å². The third-order valence-electron chi connectivity index (χ3n) is 5.60. The van der Waals surface area contributed by atoms with Crippen LogP contribution < -0.4 is 5.32 Å². The van der Waals surface area contributed by atoms with E-state index < -0.39 is 10.0 Å². The van der Waals surface area contributed by atoms with E-state index in [1.807, 2.05) is 43.3 Å². The van der Waals surface area contributed by atoms with Crippen LogP contribution in [0.5, 0.6) is 0 Å². The SMILES string of the molecule is Cc1cc(NC(=O)C2CCN(S(=O)(=O)c3ccc(Cl)cc3)CC2)n(Cc2ccccc2)n1. The van der Waals surface area contributed by atoms with E-state index in [4.69, 9.17) is 11.6 Å². The van der Waals surface area contributed by atoms with E-state index in [2.05, 4.69) is 10.4 Å². The number of carbonyl (C=O) groups is 1. The first-order chi connectivity index (χ1) is 15.3. The molecule has 1 N–H and O–H groups in total. The molecule has 4 rings (SSSR count). The molecular formula is C23H25ClN4O3S. The molecule has 2 aromatic carbocycles. The molecule has 1 aliphatic rings. The summed E-state index contributed by atoms with van der Waals surface area (Å²) < 4.78 is 28.9. The van der Waals surface area contributed by atoms with Gasteiger partial charge >= 0.3 is 0 Å². The van der Waals surface area contributed by atoms with Crippen molar-refractivity contribution in [2.45, 2.75) is 31.2 Å². The molecule has 7 nitrogen and oxygen atoms in total. The van der Waals surface area contributed by atoms with Gasteiger partial charge in [0, 0.05) is 30.1 Å². The first-order valence-corrected chi connectivity index (χ1v) is 12.3. The molecule has 1 amide bonds. The Bertz CT molecular complexity index is 1190. The van der Waals surface area contributed by atoms with Crippen molar-refractivity contribution >= 4 is 33.3 Å². The number of carbonyl (C=O) groups excluding carboxylic acids is 1. The Hall–Kier alpha value is -2.68. The number of piperidine rings is 1. The van der Waals surface area contributed by atoms with Gasteiger partial charge in [0.1, 0.15) is 5.82 Å². The predicted octanol–water partition coefficient (Wildman–Crippen LogP) is 3.93. The van der Waals surface area contributed by atoms with E-state index in [-0.39, 0.29) is 16.7 Å². The molecule has 0 radical (unpaired) electrons. The maximum Gasteiger partial charge on any atom is 0.243 e. The Morgan fingerprint density at radius 3 is 2.41 bits per heavy atom. The molecule has 3 aromatic rings. The van der Waals surface area contributed by atoms with Crippen LogP contribution in [0.2, 0.25) is 5.02 Å². The molecule has 0 unspecified atom stereocenters. The molecule has 0 aliphatic carbocycles. The van der Waals surface area contributed by atoms with E-state index in [9.17, 15) is 13.2 Å². The molecule has 0 spiro atoms. The van der Waals surface area contributed by atoms with Crippen molar-refractivity contribution in [1.29, 1.82) is 0 Å². The Kier molecular flexibility index (Phi) is 6.64. The minimum atomic E-state index is -3.60. The Morgan fingerprint density at radius 1 is 1.09 bits per heavy atom. The van der Waals surface area contributed by atoms with Crippen LogP contribution in [0, 0.1) is 12.8 Å². The molecule has 1 aliphatic heterocycles. The summed E-state index contributed by atoms with van der Waals surface area (Å²) in [6, 6.07) is 17.9. The Morgan fingerprint density at radius 2 is 1.75 bits per heavy atom. The third kappa shape index (κ3) is 5.03. The van der Waals surface area contributed by atoms with Crippen molar-refractivity contribution in [3.63, 3.8) is 0 Å². The second-order valence-corrected chi connectivity index (χ2v) is 10.3. The second kappa shape index (κ2) is 9.44. The molecule has 32 heavy (non-hydrogen) atoms. The lowest BCUT2D eigenvalue weighted by atomic mass is 9.97. The number of aryl methyl sites for hydroxylation is 1. The summed E-state index contributed by atoms with van der Waals surface area (Å²) in [5.74, 6) is 0.280. The molecule has 0 bridgehead atoms. The molecular weight excluding hydrogens is 448 g/mol. The summed E-state index contributed by atoms with van der Waals surface area (Å²) in [5, 5.41) is 7.97. The number of nitrogens with zero attached hydrogens (tertiary/aromatic N) is 3. The van der Waals surface area contributed by atoms with Gasteiger partial charge in [-0.1, -0.05) is 41.9 Å². The van der Waals surface area contributed by atoms with Crippen LogP contribution in [-0.4, -0.2) is 41.5 Å². The van der Waals surface area contributed by atoms with Gasteiger partial charge < -0.3 is 5.32 Å². The van der Waals surface area contributed by atoms with Gasteiger partial charge in [-0.2, -0.15) is 9.40 Å². The average molecular weight is 473 g/mol. The molecule has 0 atom stereocenters. The van der Waals surface area contributed by atoms with Crippen LogP contribution in [0.1, 0.15) is 24.1 Å². The summed E-state index contributed by atoms with van der Waals surface area (Å²) in [4.78, 5) is 13.1. The normalized spacial score (nSPS) is 15.6. The largest absolute Gasteiger partial charge is 0.311 e. The van der Waals surface area contributed by atoms with Crippen molar-refractivity contribution in [1.82, 2.24) is 14.1 Å². The zero-order valence-corrected chi connectivity index (χ0v) is 19.3. The fourth-order valence-electron chi connectivity index (χ4n) is 3.87. The first kappa shape index (κ1) is 22.5. The van der Waals surface area contributed by atoms with Crippen LogP contribution in [0.15, 0.2) is 65.6 Å². The van der Waals surface area contributed by atoms with Gasteiger partial charge in [0.2, 0.25) is 15.9 Å². The van der Waals surface area contributed by atoms with Gasteiger partial charge in [-0.3, -0.25) is 4.79 Å². The van der Waals surface area contributed by atoms with Gasteiger partial charge in [-0.05, 0) is 49.6 Å². The summed E-state index contributed by atoms with van der Waals surface area (Å²) in [6.45, 7) is 3.04. The standard InChI is InChI=1S/C23H25ClN4O3S/c1-17-15-22(28(26-17)16-18-5-3-2-4-6-18)25-23(29)19-11-13-27(14-12-19)32(30,31)21-9-7-20(24)8-10-21/h2-10,15,19H,11-14,16H2,1H3,(H,25,29). The lowest BCUT2D eigenvalue weighted by Gasteiger charge is -2.30. The molecule has 1 aromatic heterocycles. The fraction of sp³-hybridized carbons (Fsp3) is 0.304. The van der Waals surface area contributed by atoms with E-state index >= 15 is 0 Å². The molecule has 1 fully saturated rings. The number of sulfonamides is 1. The zero-order chi connectivity index (χ0) is 22.7. The molecule has 0 saturated carbocycles. The minimum Gasteiger partial charge on any atom is -0.311 e. The quantitative estimate of drug-likeness (QED) is 0.589. The fourth-order valence-corrected chi connectivity index (χ4v) is 5.46. The number of anilines is 1. The van der Waals surface area contributed by atoms with E-state index in [1.54, 1.807) is 16.8 Å². The topological polar surface area (TPSA) is 84.3 Å². The molecule has 2 heterocycles. The zero-order valence-electron chi connectivity index (χ0n) is 17.7. The van der Waals surface area contributed by atoms with Crippen LogP contribution in [0.25, 0.3) is 0 Å². The van der Waals surface area contributed by atoms with E-state index in [0.29, 0.717) is 43.3 Å². The number of hydrogen-bond acceptors (Lipinski definition) is 4. The van der Waals surface area contributed by atoms with Gasteiger partial charge in [0.15, 0.2) is 0 Å². The second-order valence-electron chi connectivity index (χ2n) is 7.94.